The summed E-state index contributed by atoms with van der Waals surface area (Å²) in [5, 5.41) is 3.60. The van der Waals surface area contributed by atoms with E-state index in [1.807, 2.05) is 12.1 Å². The van der Waals surface area contributed by atoms with Gasteiger partial charge in [0.25, 0.3) is 5.91 Å². The van der Waals surface area contributed by atoms with Gasteiger partial charge in [-0.15, -0.1) is 0 Å². The Labute approximate surface area is 155 Å². The minimum atomic E-state index is -0.318. The molecule has 130 valence electrons. The maximum atomic E-state index is 12.0. The van der Waals surface area contributed by atoms with Crippen LogP contribution in [0.3, 0.4) is 0 Å². The molecule has 2 aromatic carbocycles. The average molecular weight is 379 g/mol. The Morgan fingerprint density at radius 2 is 1.92 bits per heavy atom. The van der Waals surface area contributed by atoms with Crippen LogP contribution >= 0.6 is 23.2 Å². The molecule has 0 radical (unpaired) electrons. The van der Waals surface area contributed by atoms with E-state index in [0.29, 0.717) is 27.9 Å². The van der Waals surface area contributed by atoms with Crippen LogP contribution < -0.4 is 15.0 Å². The van der Waals surface area contributed by atoms with Crippen LogP contribution in [0.15, 0.2) is 42.5 Å². The Morgan fingerprint density at radius 1 is 1.16 bits per heavy atom. The van der Waals surface area contributed by atoms with Gasteiger partial charge in [0.05, 0.1) is 5.02 Å². The highest BCUT2D eigenvalue weighted by molar-refractivity contribution is 6.34. The summed E-state index contributed by atoms with van der Waals surface area (Å²) in [6.07, 6.45) is 1.46. The van der Waals surface area contributed by atoms with Crippen molar-refractivity contribution in [1.82, 2.24) is 0 Å². The van der Waals surface area contributed by atoms with Crippen molar-refractivity contribution in [3.8, 4) is 5.75 Å². The Hall–Kier alpha value is -2.24. The van der Waals surface area contributed by atoms with Gasteiger partial charge in [0.15, 0.2) is 6.61 Å². The standard InChI is InChI=1S/C18H16Cl2N2O3/c19-12-3-8-15(20)16(10-12)25-11-17(23)21-13-4-6-14(7-5-13)22-9-1-2-18(22)24/h3-8,10H,1-2,9,11H2,(H,21,23). The van der Waals surface area contributed by atoms with Gasteiger partial charge >= 0.3 is 0 Å². The molecule has 1 fully saturated rings. The monoisotopic (exact) mass is 378 g/mol. The number of hydrogen-bond donors (Lipinski definition) is 1. The third-order valence-corrected chi connectivity index (χ3v) is 4.34. The number of amides is 2. The topological polar surface area (TPSA) is 58.6 Å². The highest BCUT2D eigenvalue weighted by Gasteiger charge is 2.21. The van der Waals surface area contributed by atoms with Gasteiger partial charge in [0.1, 0.15) is 5.75 Å². The molecule has 0 spiro atoms. The predicted molar refractivity (Wildman–Crippen MR) is 98.6 cm³/mol. The molecular formula is C18H16Cl2N2O3. The van der Waals surface area contributed by atoms with Crippen LogP contribution in [0.1, 0.15) is 12.8 Å². The van der Waals surface area contributed by atoms with Crippen LogP contribution in [-0.4, -0.2) is 25.0 Å². The Bertz CT molecular complexity index is 793. The number of nitrogens with one attached hydrogen (secondary N) is 1. The van der Waals surface area contributed by atoms with E-state index in [9.17, 15) is 9.59 Å². The molecule has 1 N–H and O–H groups in total. The molecule has 2 amide bonds. The van der Waals surface area contributed by atoms with Crippen molar-refractivity contribution in [3.63, 3.8) is 0 Å². The van der Waals surface area contributed by atoms with E-state index in [4.69, 9.17) is 27.9 Å². The SMILES string of the molecule is O=C(COc1cc(Cl)ccc1Cl)Nc1ccc(N2CCCC2=O)cc1. The van der Waals surface area contributed by atoms with Gasteiger partial charge in [-0.2, -0.15) is 0 Å². The lowest BCUT2D eigenvalue weighted by atomic mass is 10.2. The first-order chi connectivity index (χ1) is 12.0. The van der Waals surface area contributed by atoms with Crippen molar-refractivity contribution in [2.75, 3.05) is 23.4 Å². The molecule has 0 saturated carbocycles. The van der Waals surface area contributed by atoms with Crippen molar-refractivity contribution in [1.29, 1.82) is 0 Å². The molecule has 1 aliphatic heterocycles. The fourth-order valence-electron chi connectivity index (χ4n) is 2.57. The third-order valence-electron chi connectivity index (χ3n) is 3.79. The molecule has 0 unspecified atom stereocenters. The molecule has 5 nitrogen and oxygen atoms in total. The molecule has 0 aliphatic carbocycles. The second kappa shape index (κ2) is 7.76. The van der Waals surface area contributed by atoms with Crippen molar-refractivity contribution < 1.29 is 14.3 Å². The number of nitrogens with zero attached hydrogens (tertiary/aromatic N) is 1. The normalized spacial score (nSPS) is 13.8. The van der Waals surface area contributed by atoms with E-state index >= 15 is 0 Å². The molecular weight excluding hydrogens is 363 g/mol. The molecule has 0 bridgehead atoms. The van der Waals surface area contributed by atoms with Crippen LogP contribution in [0.25, 0.3) is 0 Å². The predicted octanol–water partition coefficient (Wildman–Crippen LogP) is 4.14. The van der Waals surface area contributed by atoms with Crippen molar-refractivity contribution >= 4 is 46.4 Å². The zero-order chi connectivity index (χ0) is 17.8. The molecule has 0 aromatic heterocycles. The number of carbonyl (C=O) groups excluding carboxylic acids is 2. The molecule has 1 heterocycles. The number of anilines is 2. The number of hydrogen-bond acceptors (Lipinski definition) is 3. The summed E-state index contributed by atoms with van der Waals surface area (Å²) in [4.78, 5) is 25.5. The summed E-state index contributed by atoms with van der Waals surface area (Å²) in [5.41, 5.74) is 1.46. The zero-order valence-electron chi connectivity index (χ0n) is 13.3. The number of halogens is 2. The van der Waals surface area contributed by atoms with Crippen LogP contribution in [0.5, 0.6) is 5.75 Å². The zero-order valence-corrected chi connectivity index (χ0v) is 14.8. The van der Waals surface area contributed by atoms with Crippen LogP contribution in [0.4, 0.5) is 11.4 Å². The largest absolute Gasteiger partial charge is 0.482 e. The average Bonchev–Trinajstić information content (AvgIpc) is 3.02. The summed E-state index contributed by atoms with van der Waals surface area (Å²) in [6.45, 7) is 0.547. The van der Waals surface area contributed by atoms with E-state index in [1.165, 1.54) is 0 Å². The first-order valence-electron chi connectivity index (χ1n) is 7.81. The van der Waals surface area contributed by atoms with E-state index in [1.54, 1.807) is 35.2 Å². The third kappa shape index (κ3) is 4.44. The molecule has 1 saturated heterocycles. The lowest BCUT2D eigenvalue weighted by molar-refractivity contribution is -0.118. The number of ether oxygens (including phenoxy) is 1. The first kappa shape index (κ1) is 17.6. The summed E-state index contributed by atoms with van der Waals surface area (Å²) in [6, 6.07) is 11.9. The summed E-state index contributed by atoms with van der Waals surface area (Å²) in [5.74, 6) is 0.164. The lowest BCUT2D eigenvalue weighted by Crippen LogP contribution is -2.23. The lowest BCUT2D eigenvalue weighted by Gasteiger charge is -2.16. The van der Waals surface area contributed by atoms with E-state index in [-0.39, 0.29) is 18.4 Å². The smallest absolute Gasteiger partial charge is 0.262 e. The highest BCUT2D eigenvalue weighted by Crippen LogP contribution is 2.27. The Morgan fingerprint density at radius 3 is 2.60 bits per heavy atom. The van der Waals surface area contributed by atoms with E-state index < -0.39 is 0 Å². The van der Waals surface area contributed by atoms with E-state index in [2.05, 4.69) is 5.32 Å². The van der Waals surface area contributed by atoms with Crippen molar-refractivity contribution in [2.45, 2.75) is 12.8 Å². The fraction of sp³-hybridized carbons (Fsp3) is 0.222. The van der Waals surface area contributed by atoms with Gasteiger partial charge in [-0.05, 0) is 42.8 Å². The van der Waals surface area contributed by atoms with Crippen LogP contribution in [0, 0.1) is 0 Å². The van der Waals surface area contributed by atoms with Gasteiger partial charge in [0.2, 0.25) is 5.91 Å². The molecule has 1 aliphatic rings. The van der Waals surface area contributed by atoms with Crippen molar-refractivity contribution in [3.05, 3.63) is 52.5 Å². The maximum Gasteiger partial charge on any atom is 0.262 e. The second-order valence-electron chi connectivity index (χ2n) is 5.61. The molecule has 25 heavy (non-hydrogen) atoms. The molecule has 7 heteroatoms. The molecule has 0 atom stereocenters. The Balaban J connectivity index is 1.56. The number of carbonyl (C=O) groups is 2. The number of rotatable bonds is 5. The summed E-state index contributed by atoms with van der Waals surface area (Å²) < 4.78 is 5.39. The first-order valence-corrected chi connectivity index (χ1v) is 8.56. The summed E-state index contributed by atoms with van der Waals surface area (Å²) in [7, 11) is 0. The quantitative estimate of drug-likeness (QED) is 0.850. The molecule has 2 aromatic rings. The van der Waals surface area contributed by atoms with Gasteiger partial charge < -0.3 is 15.0 Å². The Kier molecular flexibility index (Phi) is 5.46. The van der Waals surface area contributed by atoms with Crippen LogP contribution in [0.2, 0.25) is 10.0 Å². The minimum absolute atomic E-state index is 0.128. The minimum Gasteiger partial charge on any atom is -0.482 e. The number of benzene rings is 2. The second-order valence-corrected chi connectivity index (χ2v) is 6.45. The van der Waals surface area contributed by atoms with Crippen molar-refractivity contribution in [2.24, 2.45) is 0 Å². The molecule has 3 rings (SSSR count). The van der Waals surface area contributed by atoms with Gasteiger partial charge in [-0.1, -0.05) is 23.2 Å². The van der Waals surface area contributed by atoms with Gasteiger partial charge in [-0.25, -0.2) is 0 Å². The fourth-order valence-corrected chi connectivity index (χ4v) is 2.91. The van der Waals surface area contributed by atoms with Gasteiger partial charge in [-0.3, -0.25) is 9.59 Å². The summed E-state index contributed by atoms with van der Waals surface area (Å²) >= 11 is 11.9. The van der Waals surface area contributed by atoms with Crippen LogP contribution in [-0.2, 0) is 9.59 Å². The maximum absolute atomic E-state index is 12.0. The highest BCUT2D eigenvalue weighted by atomic mass is 35.5. The van der Waals surface area contributed by atoms with E-state index in [0.717, 1.165) is 18.7 Å². The van der Waals surface area contributed by atoms with Gasteiger partial charge in [0, 0.05) is 35.4 Å².